The molecule has 0 spiro atoms. The molecule has 0 radical (unpaired) electrons. The summed E-state index contributed by atoms with van der Waals surface area (Å²) in [6.45, 7) is 3.26. The molecule has 0 bridgehead atoms. The highest BCUT2D eigenvalue weighted by molar-refractivity contribution is 9.10. The number of rotatable bonds is 4. The van der Waals surface area contributed by atoms with Gasteiger partial charge in [0.2, 0.25) is 0 Å². The Hall–Kier alpha value is -1.87. The monoisotopic (exact) mass is 373 g/mol. The molecule has 1 aromatic heterocycles. The van der Waals surface area contributed by atoms with Crippen molar-refractivity contribution in [1.29, 1.82) is 0 Å². The lowest BCUT2D eigenvalue weighted by Crippen LogP contribution is -2.17. The molecule has 0 saturated carbocycles. The largest absolute Gasteiger partial charge is 0.476 e. The quantitative estimate of drug-likeness (QED) is 0.760. The maximum atomic E-state index is 12.4. The van der Waals surface area contributed by atoms with Crippen LogP contribution in [0.25, 0.3) is 0 Å². The third kappa shape index (κ3) is 3.08. The number of anilines is 1. The molecule has 0 amide bonds. The van der Waals surface area contributed by atoms with E-state index in [1.807, 2.05) is 13.0 Å². The Kier molecular flexibility index (Phi) is 4.06. The number of benzene rings is 1. The summed E-state index contributed by atoms with van der Waals surface area (Å²) in [5.41, 5.74) is 0.803. The lowest BCUT2D eigenvalue weighted by Gasteiger charge is -2.10. The number of sulfonamides is 1. The topological polar surface area (TPSA) is 112 Å². The maximum Gasteiger partial charge on any atom is 0.357 e. The zero-order valence-corrected chi connectivity index (χ0v) is 13.5. The van der Waals surface area contributed by atoms with Crippen LogP contribution in [0.5, 0.6) is 0 Å². The van der Waals surface area contributed by atoms with Crippen molar-refractivity contribution >= 4 is 37.6 Å². The predicted octanol–water partition coefficient (Wildman–Crippen LogP) is 2.29. The predicted molar refractivity (Wildman–Crippen MR) is 80.0 cm³/mol. The molecule has 0 unspecified atom stereocenters. The molecule has 0 atom stereocenters. The van der Waals surface area contributed by atoms with E-state index in [-0.39, 0.29) is 10.6 Å². The summed E-state index contributed by atoms with van der Waals surface area (Å²) in [6, 6.07) is 5.15. The van der Waals surface area contributed by atoms with E-state index in [1.54, 1.807) is 12.1 Å². The SMILES string of the molecule is Cc1ccc(Br)c(NS(=O)(=O)c2c(C(=O)O)n[nH]c2C)c1. The van der Waals surface area contributed by atoms with Crippen molar-refractivity contribution in [3.8, 4) is 0 Å². The zero-order valence-electron chi connectivity index (χ0n) is 11.1. The first-order valence-electron chi connectivity index (χ1n) is 5.79. The smallest absolute Gasteiger partial charge is 0.357 e. The van der Waals surface area contributed by atoms with Crippen LogP contribution in [0.4, 0.5) is 5.69 Å². The summed E-state index contributed by atoms with van der Waals surface area (Å²) in [5, 5.41) is 14.9. The summed E-state index contributed by atoms with van der Waals surface area (Å²) in [4.78, 5) is 10.7. The number of nitrogens with zero attached hydrogens (tertiary/aromatic N) is 1. The van der Waals surface area contributed by atoms with E-state index in [0.29, 0.717) is 10.2 Å². The van der Waals surface area contributed by atoms with Crippen LogP contribution in [0, 0.1) is 13.8 Å². The van der Waals surface area contributed by atoms with Crippen molar-refractivity contribution in [3.63, 3.8) is 0 Å². The third-order valence-electron chi connectivity index (χ3n) is 2.73. The Bertz CT molecular complexity index is 814. The second-order valence-corrected chi connectivity index (χ2v) is 6.89. The highest BCUT2D eigenvalue weighted by Crippen LogP contribution is 2.27. The van der Waals surface area contributed by atoms with Crippen molar-refractivity contribution in [3.05, 3.63) is 39.6 Å². The van der Waals surface area contributed by atoms with Gasteiger partial charge >= 0.3 is 5.97 Å². The van der Waals surface area contributed by atoms with Crippen molar-refractivity contribution in [1.82, 2.24) is 10.2 Å². The summed E-state index contributed by atoms with van der Waals surface area (Å²) in [6.07, 6.45) is 0. The van der Waals surface area contributed by atoms with Gasteiger partial charge in [-0.3, -0.25) is 9.82 Å². The molecule has 0 aliphatic carbocycles. The number of hydrogen-bond donors (Lipinski definition) is 3. The summed E-state index contributed by atoms with van der Waals surface area (Å²) in [7, 11) is -4.07. The van der Waals surface area contributed by atoms with Gasteiger partial charge in [-0.25, -0.2) is 13.2 Å². The standard InChI is InChI=1S/C12H12BrN3O4S/c1-6-3-4-8(13)9(5-6)16-21(19,20)11-7(2)14-15-10(11)12(17)18/h3-5,16H,1-2H3,(H,14,15)(H,17,18). The number of aromatic nitrogens is 2. The highest BCUT2D eigenvalue weighted by atomic mass is 79.9. The number of carboxylic acids is 1. The van der Waals surface area contributed by atoms with E-state index < -0.39 is 21.7 Å². The first kappa shape index (κ1) is 15.5. The molecule has 0 aliphatic heterocycles. The van der Waals surface area contributed by atoms with Gasteiger partial charge in [0.15, 0.2) is 5.69 Å². The van der Waals surface area contributed by atoms with Crippen LogP contribution >= 0.6 is 15.9 Å². The molecule has 9 heteroatoms. The molecule has 2 rings (SSSR count). The zero-order chi connectivity index (χ0) is 15.8. The fraction of sp³-hybridized carbons (Fsp3) is 0.167. The third-order valence-corrected chi connectivity index (χ3v) is 4.95. The Morgan fingerprint density at radius 2 is 2.05 bits per heavy atom. The Balaban J connectivity index is 2.51. The summed E-state index contributed by atoms with van der Waals surface area (Å²) >= 11 is 3.25. The van der Waals surface area contributed by atoms with Gasteiger partial charge in [-0.15, -0.1) is 0 Å². The molecule has 1 heterocycles. The second-order valence-electron chi connectivity index (χ2n) is 4.42. The van der Waals surface area contributed by atoms with Crippen LogP contribution in [-0.4, -0.2) is 29.7 Å². The average molecular weight is 374 g/mol. The number of aromatic amines is 1. The minimum Gasteiger partial charge on any atom is -0.476 e. The summed E-state index contributed by atoms with van der Waals surface area (Å²) in [5.74, 6) is -1.41. The lowest BCUT2D eigenvalue weighted by molar-refractivity contribution is 0.0686. The van der Waals surface area contributed by atoms with E-state index in [1.165, 1.54) is 6.92 Å². The number of nitrogens with one attached hydrogen (secondary N) is 2. The number of carbonyl (C=O) groups is 1. The number of aryl methyl sites for hydroxylation is 2. The molecule has 7 nitrogen and oxygen atoms in total. The molecular weight excluding hydrogens is 362 g/mol. The summed E-state index contributed by atoms with van der Waals surface area (Å²) < 4.78 is 27.8. The van der Waals surface area contributed by atoms with Crippen LogP contribution in [0.2, 0.25) is 0 Å². The van der Waals surface area contributed by atoms with Gasteiger partial charge in [-0.2, -0.15) is 5.10 Å². The van der Waals surface area contributed by atoms with Gasteiger partial charge in [0, 0.05) is 4.47 Å². The van der Waals surface area contributed by atoms with E-state index in [9.17, 15) is 13.2 Å². The van der Waals surface area contributed by atoms with E-state index in [4.69, 9.17) is 5.11 Å². The Morgan fingerprint density at radius 3 is 2.67 bits per heavy atom. The van der Waals surface area contributed by atoms with Crippen molar-refractivity contribution < 1.29 is 18.3 Å². The molecule has 0 fully saturated rings. The number of halogens is 1. The van der Waals surface area contributed by atoms with Crippen molar-refractivity contribution in [2.45, 2.75) is 18.7 Å². The van der Waals surface area contributed by atoms with E-state index in [0.717, 1.165) is 5.56 Å². The van der Waals surface area contributed by atoms with Crippen LogP contribution in [0.15, 0.2) is 27.6 Å². The van der Waals surface area contributed by atoms with E-state index in [2.05, 4.69) is 30.8 Å². The molecule has 0 aliphatic rings. The number of aromatic carboxylic acids is 1. The van der Waals surface area contributed by atoms with Crippen molar-refractivity contribution in [2.75, 3.05) is 4.72 Å². The molecule has 0 saturated heterocycles. The molecular formula is C12H12BrN3O4S. The second kappa shape index (κ2) is 5.49. The maximum absolute atomic E-state index is 12.4. The molecule has 112 valence electrons. The first-order valence-corrected chi connectivity index (χ1v) is 8.07. The van der Waals surface area contributed by atoms with E-state index >= 15 is 0 Å². The first-order chi connectivity index (χ1) is 9.72. The van der Waals surface area contributed by atoms with Crippen molar-refractivity contribution in [2.24, 2.45) is 0 Å². The normalized spacial score (nSPS) is 11.4. The molecule has 21 heavy (non-hydrogen) atoms. The lowest BCUT2D eigenvalue weighted by atomic mass is 10.2. The van der Waals surface area contributed by atoms with Gasteiger partial charge in [0.25, 0.3) is 10.0 Å². The molecule has 1 aromatic carbocycles. The van der Waals surface area contributed by atoms with Crippen LogP contribution in [0.3, 0.4) is 0 Å². The van der Waals surface area contributed by atoms with Gasteiger partial charge < -0.3 is 5.11 Å². The minimum absolute atomic E-state index is 0.156. The fourth-order valence-corrected chi connectivity index (χ4v) is 3.68. The van der Waals surface area contributed by atoms with Crippen LogP contribution < -0.4 is 4.72 Å². The van der Waals surface area contributed by atoms with Gasteiger partial charge in [0.05, 0.1) is 11.4 Å². The number of hydrogen-bond acceptors (Lipinski definition) is 4. The number of H-pyrrole nitrogens is 1. The van der Waals surface area contributed by atoms with Gasteiger partial charge in [0.1, 0.15) is 4.90 Å². The fourth-order valence-electron chi connectivity index (χ4n) is 1.81. The molecule has 2 aromatic rings. The Labute approximate surface area is 129 Å². The molecule has 3 N–H and O–H groups in total. The highest BCUT2D eigenvalue weighted by Gasteiger charge is 2.28. The Morgan fingerprint density at radius 1 is 1.38 bits per heavy atom. The van der Waals surface area contributed by atoms with Gasteiger partial charge in [-0.1, -0.05) is 6.07 Å². The number of carboxylic acid groups (broad SMARTS) is 1. The van der Waals surface area contributed by atoms with Crippen LogP contribution in [-0.2, 0) is 10.0 Å². The van der Waals surface area contributed by atoms with Gasteiger partial charge in [-0.05, 0) is 47.5 Å². The minimum atomic E-state index is -4.07. The average Bonchev–Trinajstić information content (AvgIpc) is 2.76. The van der Waals surface area contributed by atoms with Crippen LogP contribution in [0.1, 0.15) is 21.7 Å².